The van der Waals surface area contributed by atoms with Gasteiger partial charge in [0.25, 0.3) is 0 Å². The molecule has 2 heterocycles. The van der Waals surface area contributed by atoms with Crippen molar-refractivity contribution in [3.05, 3.63) is 17.0 Å². The third-order valence-corrected chi connectivity index (χ3v) is 4.09. The van der Waals surface area contributed by atoms with Crippen LogP contribution in [0.15, 0.2) is 0 Å². The van der Waals surface area contributed by atoms with Gasteiger partial charge in [-0.15, -0.1) is 12.4 Å². The summed E-state index contributed by atoms with van der Waals surface area (Å²) < 4.78 is 1.86. The summed E-state index contributed by atoms with van der Waals surface area (Å²) in [6.45, 7) is 7.68. The van der Waals surface area contributed by atoms with Crippen molar-refractivity contribution < 1.29 is 4.79 Å². The molecule has 0 bridgehead atoms. The van der Waals surface area contributed by atoms with Gasteiger partial charge in [0, 0.05) is 36.8 Å². The van der Waals surface area contributed by atoms with Gasteiger partial charge in [-0.3, -0.25) is 9.48 Å². The van der Waals surface area contributed by atoms with Crippen molar-refractivity contribution in [3.8, 4) is 0 Å². The van der Waals surface area contributed by atoms with Gasteiger partial charge >= 0.3 is 0 Å². The van der Waals surface area contributed by atoms with Crippen LogP contribution in [-0.4, -0.2) is 28.3 Å². The maximum Gasteiger partial charge on any atom is 0.223 e. The summed E-state index contributed by atoms with van der Waals surface area (Å²) in [5.41, 5.74) is 3.26. The molecule has 0 radical (unpaired) electrons. The van der Waals surface area contributed by atoms with E-state index < -0.39 is 0 Å². The van der Waals surface area contributed by atoms with Crippen LogP contribution in [0.3, 0.4) is 0 Å². The minimum atomic E-state index is 0. The second-order valence-corrected chi connectivity index (χ2v) is 5.57. The highest BCUT2D eigenvalue weighted by Crippen LogP contribution is 2.17. The van der Waals surface area contributed by atoms with Crippen molar-refractivity contribution in [2.45, 2.75) is 46.2 Å². The van der Waals surface area contributed by atoms with Crippen molar-refractivity contribution in [3.63, 3.8) is 0 Å². The van der Waals surface area contributed by atoms with E-state index in [1.165, 1.54) is 0 Å². The summed E-state index contributed by atoms with van der Waals surface area (Å²) in [6, 6.07) is 0.436. The van der Waals surface area contributed by atoms with E-state index in [0.717, 1.165) is 36.3 Å². The topological polar surface area (TPSA) is 59.0 Å². The highest BCUT2D eigenvalue weighted by molar-refractivity contribution is 5.85. The number of aromatic nitrogens is 2. The fourth-order valence-corrected chi connectivity index (χ4v) is 2.76. The van der Waals surface area contributed by atoms with Crippen molar-refractivity contribution in [2.75, 3.05) is 6.54 Å². The molecule has 1 fully saturated rings. The van der Waals surface area contributed by atoms with Crippen molar-refractivity contribution >= 4 is 18.3 Å². The Morgan fingerprint density at radius 3 is 2.75 bits per heavy atom. The first-order valence-corrected chi connectivity index (χ1v) is 6.99. The lowest BCUT2D eigenvalue weighted by Gasteiger charge is -2.27. The summed E-state index contributed by atoms with van der Waals surface area (Å²) in [5.74, 6) is 0.324. The number of hydrogen-bond acceptors (Lipinski definition) is 3. The van der Waals surface area contributed by atoms with Crippen LogP contribution < -0.4 is 10.6 Å². The molecule has 0 spiro atoms. The molecule has 2 N–H and O–H groups in total. The molecule has 1 aromatic heterocycles. The maximum atomic E-state index is 12.2. The number of amides is 1. The van der Waals surface area contributed by atoms with Crippen LogP contribution in [0, 0.1) is 19.8 Å². The van der Waals surface area contributed by atoms with Gasteiger partial charge in [-0.05, 0) is 40.2 Å². The van der Waals surface area contributed by atoms with Crippen LogP contribution in [0.5, 0.6) is 0 Å². The van der Waals surface area contributed by atoms with Gasteiger partial charge in [-0.1, -0.05) is 0 Å². The first kappa shape index (κ1) is 17.0. The van der Waals surface area contributed by atoms with Gasteiger partial charge in [0.15, 0.2) is 0 Å². The molecule has 0 unspecified atom stereocenters. The molecular weight excluding hydrogens is 276 g/mol. The zero-order valence-corrected chi connectivity index (χ0v) is 13.5. The van der Waals surface area contributed by atoms with Crippen LogP contribution in [0.4, 0.5) is 0 Å². The third-order valence-electron chi connectivity index (χ3n) is 4.09. The molecular formula is C14H25ClN4O. The number of aryl methyl sites for hydroxylation is 2. The summed E-state index contributed by atoms with van der Waals surface area (Å²) in [7, 11) is 1.93. The highest BCUT2D eigenvalue weighted by Gasteiger charge is 2.24. The zero-order valence-electron chi connectivity index (χ0n) is 12.7. The quantitative estimate of drug-likeness (QED) is 0.888. The normalized spacial score (nSPS) is 22.2. The summed E-state index contributed by atoms with van der Waals surface area (Å²) >= 11 is 0. The lowest BCUT2D eigenvalue weighted by Crippen LogP contribution is -2.42. The van der Waals surface area contributed by atoms with Gasteiger partial charge < -0.3 is 10.6 Å². The molecule has 2 atom stereocenters. The molecule has 1 aliphatic heterocycles. The second-order valence-electron chi connectivity index (χ2n) is 5.57. The smallest absolute Gasteiger partial charge is 0.223 e. The number of piperidine rings is 1. The van der Waals surface area contributed by atoms with E-state index in [9.17, 15) is 4.79 Å². The number of carbonyl (C=O) groups excluding carboxylic acids is 1. The largest absolute Gasteiger partial charge is 0.352 e. The van der Waals surface area contributed by atoms with Crippen molar-refractivity contribution in [1.82, 2.24) is 20.4 Å². The number of hydrogen-bond donors (Lipinski definition) is 2. The molecule has 1 aliphatic rings. The zero-order chi connectivity index (χ0) is 14.0. The van der Waals surface area contributed by atoms with E-state index >= 15 is 0 Å². The Morgan fingerprint density at radius 1 is 1.50 bits per heavy atom. The Balaban J connectivity index is 0.00000200. The summed E-state index contributed by atoms with van der Waals surface area (Å²) in [5, 5.41) is 10.8. The fourth-order valence-electron chi connectivity index (χ4n) is 2.76. The predicted molar refractivity (Wildman–Crippen MR) is 82.0 cm³/mol. The molecule has 0 aromatic carbocycles. The molecule has 1 aromatic rings. The lowest BCUT2D eigenvalue weighted by molar-refractivity contribution is -0.126. The van der Waals surface area contributed by atoms with E-state index in [2.05, 4.69) is 22.7 Å². The predicted octanol–water partition coefficient (Wildman–Crippen LogP) is 1.46. The standard InChI is InChI=1S/C14H24N4O.ClH/c1-9-7-12(5-6-15-9)14(19)16-8-13-10(2)17-18(4)11(13)3;/h9,12,15H,5-8H2,1-4H3,(H,16,19);1H/t9-,12-;/m0./s1. The SMILES string of the molecule is Cc1nn(C)c(C)c1CNC(=O)[C@H]1CCN[C@@H](C)C1.Cl. The maximum absolute atomic E-state index is 12.2. The average Bonchev–Trinajstić information content (AvgIpc) is 2.61. The summed E-state index contributed by atoms with van der Waals surface area (Å²) in [4.78, 5) is 12.2. The number of nitrogens with zero attached hydrogens (tertiary/aromatic N) is 2. The molecule has 1 saturated heterocycles. The lowest BCUT2D eigenvalue weighted by atomic mass is 9.92. The average molecular weight is 301 g/mol. The van der Waals surface area contributed by atoms with E-state index in [1.54, 1.807) is 0 Å². The molecule has 20 heavy (non-hydrogen) atoms. The molecule has 5 nitrogen and oxygen atoms in total. The van der Waals surface area contributed by atoms with Crippen molar-refractivity contribution in [1.29, 1.82) is 0 Å². The molecule has 0 aliphatic carbocycles. The molecule has 6 heteroatoms. The van der Waals surface area contributed by atoms with E-state index in [0.29, 0.717) is 12.6 Å². The molecule has 0 saturated carbocycles. The van der Waals surface area contributed by atoms with Crippen LogP contribution in [0.2, 0.25) is 0 Å². The van der Waals surface area contributed by atoms with Gasteiger partial charge in [0.2, 0.25) is 5.91 Å². The first-order chi connectivity index (χ1) is 8.99. The Labute approximate surface area is 126 Å². The fraction of sp³-hybridized carbons (Fsp3) is 0.714. The van der Waals surface area contributed by atoms with Crippen LogP contribution in [-0.2, 0) is 18.4 Å². The number of rotatable bonds is 3. The minimum absolute atomic E-state index is 0. The van der Waals surface area contributed by atoms with Gasteiger partial charge in [-0.2, -0.15) is 5.10 Å². The van der Waals surface area contributed by atoms with Gasteiger partial charge in [0.1, 0.15) is 0 Å². The Hall–Kier alpha value is -1.07. The molecule has 2 rings (SSSR count). The third kappa shape index (κ3) is 3.73. The van der Waals surface area contributed by atoms with Crippen molar-refractivity contribution in [2.24, 2.45) is 13.0 Å². The first-order valence-electron chi connectivity index (χ1n) is 6.99. The number of halogens is 1. The second kappa shape index (κ2) is 7.09. The Morgan fingerprint density at radius 2 is 2.20 bits per heavy atom. The van der Waals surface area contributed by atoms with Crippen LogP contribution >= 0.6 is 12.4 Å². The van der Waals surface area contributed by atoms with Crippen LogP contribution in [0.1, 0.15) is 36.7 Å². The van der Waals surface area contributed by atoms with E-state index in [1.807, 2.05) is 25.6 Å². The monoisotopic (exact) mass is 300 g/mol. The van der Waals surface area contributed by atoms with Gasteiger partial charge in [-0.25, -0.2) is 0 Å². The van der Waals surface area contributed by atoms with E-state index in [-0.39, 0.29) is 24.2 Å². The van der Waals surface area contributed by atoms with Crippen LogP contribution in [0.25, 0.3) is 0 Å². The Bertz CT molecular complexity index is 472. The number of nitrogens with one attached hydrogen (secondary N) is 2. The van der Waals surface area contributed by atoms with Gasteiger partial charge in [0.05, 0.1) is 5.69 Å². The molecule has 1 amide bonds. The Kier molecular flexibility index (Phi) is 6.02. The minimum Gasteiger partial charge on any atom is -0.352 e. The number of carbonyl (C=O) groups is 1. The highest BCUT2D eigenvalue weighted by atomic mass is 35.5. The van der Waals surface area contributed by atoms with E-state index in [4.69, 9.17) is 0 Å². The summed E-state index contributed by atoms with van der Waals surface area (Å²) in [6.07, 6.45) is 1.86. The molecule has 114 valence electrons.